The Kier molecular flexibility index (Phi) is 4.88. The van der Waals surface area contributed by atoms with Crippen molar-refractivity contribution in [1.29, 1.82) is 0 Å². The number of Topliss-reactive ketones (excluding diaryl/α,β-unsaturated/α-hetero) is 1. The highest BCUT2D eigenvalue weighted by atomic mass is 16.1. The van der Waals surface area contributed by atoms with Crippen molar-refractivity contribution in [3.8, 4) is 0 Å². The summed E-state index contributed by atoms with van der Waals surface area (Å²) in [5, 5.41) is 0. The molecule has 0 amide bonds. The van der Waals surface area contributed by atoms with Crippen LogP contribution < -0.4 is 5.73 Å². The van der Waals surface area contributed by atoms with Crippen molar-refractivity contribution in [2.45, 2.75) is 52.0 Å². The van der Waals surface area contributed by atoms with Gasteiger partial charge in [-0.05, 0) is 24.8 Å². The molecule has 0 atom stereocenters. The Morgan fingerprint density at radius 2 is 1.65 bits per heavy atom. The number of carbonyl (C=O) groups excluding carboxylic acids is 1. The zero-order valence-corrected chi connectivity index (χ0v) is 11.1. The molecule has 0 aliphatic rings. The number of aryl methyl sites for hydroxylation is 1. The maximum absolute atomic E-state index is 12.3. The SMILES string of the molecule is CCCc1ccc(C(=O)C(N)(CC)CC)cc1. The van der Waals surface area contributed by atoms with E-state index in [2.05, 4.69) is 6.92 Å². The Bertz CT molecular complexity index is 363. The topological polar surface area (TPSA) is 43.1 Å². The molecular weight excluding hydrogens is 210 g/mol. The summed E-state index contributed by atoms with van der Waals surface area (Å²) in [5.74, 6) is 0.0607. The average molecular weight is 233 g/mol. The number of benzene rings is 1. The Hall–Kier alpha value is -1.15. The van der Waals surface area contributed by atoms with E-state index in [9.17, 15) is 4.79 Å². The van der Waals surface area contributed by atoms with E-state index < -0.39 is 5.54 Å². The van der Waals surface area contributed by atoms with E-state index in [0.29, 0.717) is 12.8 Å². The summed E-state index contributed by atoms with van der Waals surface area (Å²) in [6.45, 7) is 6.08. The molecule has 2 nitrogen and oxygen atoms in total. The molecule has 0 fully saturated rings. The average Bonchev–Trinajstić information content (AvgIpc) is 2.38. The first kappa shape index (κ1) is 13.9. The van der Waals surface area contributed by atoms with Crippen LogP contribution in [0.4, 0.5) is 0 Å². The molecule has 1 rings (SSSR count). The fourth-order valence-electron chi connectivity index (χ4n) is 1.97. The lowest BCUT2D eigenvalue weighted by Gasteiger charge is -2.24. The largest absolute Gasteiger partial charge is 0.319 e. The van der Waals surface area contributed by atoms with E-state index in [1.807, 2.05) is 38.1 Å². The van der Waals surface area contributed by atoms with Gasteiger partial charge in [-0.25, -0.2) is 0 Å². The van der Waals surface area contributed by atoms with Crippen molar-refractivity contribution in [2.75, 3.05) is 0 Å². The molecular formula is C15H23NO. The Balaban J connectivity index is 2.89. The molecule has 17 heavy (non-hydrogen) atoms. The monoisotopic (exact) mass is 233 g/mol. The molecule has 1 aromatic carbocycles. The first-order chi connectivity index (χ1) is 8.07. The smallest absolute Gasteiger partial charge is 0.182 e. The van der Waals surface area contributed by atoms with E-state index in [-0.39, 0.29) is 5.78 Å². The third-order valence-electron chi connectivity index (χ3n) is 3.47. The molecule has 0 heterocycles. The number of hydrogen-bond acceptors (Lipinski definition) is 2. The van der Waals surface area contributed by atoms with Crippen LogP contribution in [0.3, 0.4) is 0 Å². The molecule has 0 saturated heterocycles. The number of hydrogen-bond donors (Lipinski definition) is 1. The van der Waals surface area contributed by atoms with Crippen LogP contribution in [0.1, 0.15) is 56.0 Å². The summed E-state index contributed by atoms with van der Waals surface area (Å²) in [7, 11) is 0. The van der Waals surface area contributed by atoms with E-state index >= 15 is 0 Å². The molecule has 0 radical (unpaired) electrons. The van der Waals surface area contributed by atoms with E-state index in [4.69, 9.17) is 5.73 Å². The molecule has 2 heteroatoms. The third kappa shape index (κ3) is 3.16. The van der Waals surface area contributed by atoms with Crippen molar-refractivity contribution in [1.82, 2.24) is 0 Å². The van der Waals surface area contributed by atoms with E-state index in [0.717, 1.165) is 18.4 Å². The molecule has 0 spiro atoms. The fourth-order valence-corrected chi connectivity index (χ4v) is 1.97. The highest BCUT2D eigenvalue weighted by Crippen LogP contribution is 2.19. The van der Waals surface area contributed by atoms with Crippen LogP contribution in [-0.4, -0.2) is 11.3 Å². The second kappa shape index (κ2) is 5.97. The summed E-state index contributed by atoms with van der Waals surface area (Å²) < 4.78 is 0. The molecule has 0 saturated carbocycles. The molecule has 0 aliphatic heterocycles. The van der Waals surface area contributed by atoms with E-state index in [1.165, 1.54) is 5.56 Å². The lowest BCUT2D eigenvalue weighted by atomic mass is 9.85. The molecule has 0 unspecified atom stereocenters. The van der Waals surface area contributed by atoms with Crippen LogP contribution in [-0.2, 0) is 6.42 Å². The maximum Gasteiger partial charge on any atom is 0.182 e. The van der Waals surface area contributed by atoms with E-state index in [1.54, 1.807) is 0 Å². The van der Waals surface area contributed by atoms with Crippen molar-refractivity contribution >= 4 is 5.78 Å². The lowest BCUT2D eigenvalue weighted by molar-refractivity contribution is 0.0879. The van der Waals surface area contributed by atoms with Gasteiger partial charge in [0.15, 0.2) is 5.78 Å². The second-order valence-corrected chi connectivity index (χ2v) is 4.64. The van der Waals surface area contributed by atoms with Gasteiger partial charge in [-0.15, -0.1) is 0 Å². The molecule has 0 aromatic heterocycles. The second-order valence-electron chi connectivity index (χ2n) is 4.64. The van der Waals surface area contributed by atoms with Crippen molar-refractivity contribution < 1.29 is 4.79 Å². The summed E-state index contributed by atoms with van der Waals surface area (Å²) in [5.41, 5.74) is 7.43. The molecule has 2 N–H and O–H groups in total. The summed E-state index contributed by atoms with van der Waals surface area (Å²) in [4.78, 5) is 12.3. The Labute approximate surface area is 104 Å². The first-order valence-corrected chi connectivity index (χ1v) is 6.50. The van der Waals surface area contributed by atoms with Gasteiger partial charge in [-0.1, -0.05) is 51.5 Å². The van der Waals surface area contributed by atoms with Crippen LogP contribution in [0.25, 0.3) is 0 Å². The summed E-state index contributed by atoms with van der Waals surface area (Å²) >= 11 is 0. The highest BCUT2D eigenvalue weighted by Gasteiger charge is 2.30. The number of carbonyl (C=O) groups is 1. The third-order valence-corrected chi connectivity index (χ3v) is 3.47. The quantitative estimate of drug-likeness (QED) is 0.766. The van der Waals surface area contributed by atoms with Gasteiger partial charge in [0.2, 0.25) is 0 Å². The van der Waals surface area contributed by atoms with Gasteiger partial charge in [-0.3, -0.25) is 4.79 Å². The minimum absolute atomic E-state index is 0.0607. The number of rotatable bonds is 6. The van der Waals surface area contributed by atoms with Crippen LogP contribution >= 0.6 is 0 Å². The zero-order valence-electron chi connectivity index (χ0n) is 11.1. The minimum Gasteiger partial charge on any atom is -0.319 e. The predicted molar refractivity (Wildman–Crippen MR) is 72.3 cm³/mol. The number of ketones is 1. The van der Waals surface area contributed by atoms with Crippen molar-refractivity contribution in [3.63, 3.8) is 0 Å². The summed E-state index contributed by atoms with van der Waals surface area (Å²) in [6, 6.07) is 7.87. The highest BCUT2D eigenvalue weighted by molar-refractivity contribution is 6.03. The maximum atomic E-state index is 12.3. The van der Waals surface area contributed by atoms with Gasteiger partial charge < -0.3 is 5.73 Å². The molecule has 0 aliphatic carbocycles. The Morgan fingerprint density at radius 3 is 2.06 bits per heavy atom. The Morgan fingerprint density at radius 1 is 1.12 bits per heavy atom. The first-order valence-electron chi connectivity index (χ1n) is 6.50. The fraction of sp³-hybridized carbons (Fsp3) is 0.533. The molecule has 94 valence electrons. The lowest BCUT2D eigenvalue weighted by Crippen LogP contribution is -2.46. The van der Waals surface area contributed by atoms with Gasteiger partial charge in [-0.2, -0.15) is 0 Å². The predicted octanol–water partition coefficient (Wildman–Crippen LogP) is 3.34. The van der Waals surface area contributed by atoms with Crippen molar-refractivity contribution in [3.05, 3.63) is 35.4 Å². The zero-order chi connectivity index (χ0) is 12.9. The van der Waals surface area contributed by atoms with Gasteiger partial charge in [0.25, 0.3) is 0 Å². The minimum atomic E-state index is -0.702. The van der Waals surface area contributed by atoms with Crippen molar-refractivity contribution in [2.24, 2.45) is 5.73 Å². The van der Waals surface area contributed by atoms with Crippen LogP contribution in [0.15, 0.2) is 24.3 Å². The van der Waals surface area contributed by atoms with Crippen LogP contribution in [0.5, 0.6) is 0 Å². The normalized spacial score (nSPS) is 11.5. The molecule has 1 aromatic rings. The van der Waals surface area contributed by atoms with Gasteiger partial charge >= 0.3 is 0 Å². The number of nitrogens with two attached hydrogens (primary N) is 1. The summed E-state index contributed by atoms with van der Waals surface area (Å²) in [6.07, 6.45) is 3.54. The van der Waals surface area contributed by atoms with Gasteiger partial charge in [0, 0.05) is 5.56 Å². The standard InChI is InChI=1S/C15H23NO/c1-4-7-12-8-10-13(11-9-12)14(17)15(16,5-2)6-3/h8-11H,4-7,16H2,1-3H3. The van der Waals surface area contributed by atoms with Crippen LogP contribution in [0.2, 0.25) is 0 Å². The van der Waals surface area contributed by atoms with Crippen LogP contribution in [0, 0.1) is 0 Å². The van der Waals surface area contributed by atoms with Gasteiger partial charge in [0.05, 0.1) is 5.54 Å². The van der Waals surface area contributed by atoms with Gasteiger partial charge in [0.1, 0.15) is 0 Å². The molecule has 0 bridgehead atoms.